The number of aryl methyl sites for hydroxylation is 1. The van der Waals surface area contributed by atoms with Crippen molar-refractivity contribution in [1.82, 2.24) is 10.3 Å². The maximum Gasteiger partial charge on any atom is 0.251 e. The molecule has 6 heteroatoms. The monoisotopic (exact) mass is 429 g/mol. The van der Waals surface area contributed by atoms with Crippen molar-refractivity contribution in [2.45, 2.75) is 44.7 Å². The normalized spacial score (nSPS) is 18.7. The van der Waals surface area contributed by atoms with Gasteiger partial charge in [-0.25, -0.2) is 4.98 Å². The number of rotatable bonds is 4. The molecule has 0 spiro atoms. The summed E-state index contributed by atoms with van der Waals surface area (Å²) in [5.41, 5.74) is 2.87. The van der Waals surface area contributed by atoms with Crippen molar-refractivity contribution in [3.05, 3.63) is 70.7 Å². The van der Waals surface area contributed by atoms with Crippen LogP contribution in [0.4, 0.5) is 5.82 Å². The molecule has 0 unspecified atom stereocenters. The molecule has 0 aliphatic heterocycles. The zero-order valence-electron chi connectivity index (χ0n) is 16.3. The summed E-state index contributed by atoms with van der Waals surface area (Å²) < 4.78 is 0. The van der Waals surface area contributed by atoms with E-state index in [0.29, 0.717) is 16.6 Å². The summed E-state index contributed by atoms with van der Waals surface area (Å²) in [6.07, 6.45) is 3.93. The zero-order valence-corrected chi connectivity index (χ0v) is 17.9. The molecule has 152 valence electrons. The van der Waals surface area contributed by atoms with Crippen LogP contribution in [0.5, 0.6) is 0 Å². The van der Waals surface area contributed by atoms with E-state index in [1.807, 2.05) is 12.1 Å². The summed E-state index contributed by atoms with van der Waals surface area (Å²) in [7, 11) is 0. The van der Waals surface area contributed by atoms with E-state index in [1.165, 1.54) is 10.9 Å². The van der Waals surface area contributed by atoms with E-state index >= 15 is 0 Å². The summed E-state index contributed by atoms with van der Waals surface area (Å²) in [6.45, 7) is 2.12. The van der Waals surface area contributed by atoms with Crippen LogP contribution in [0, 0.1) is 6.92 Å². The Morgan fingerprint density at radius 1 is 1.00 bits per heavy atom. The Hall–Kier alpha value is -2.30. The Morgan fingerprint density at radius 2 is 1.72 bits per heavy atom. The molecule has 3 aromatic rings. The predicted molar refractivity (Wildman–Crippen MR) is 122 cm³/mol. The van der Waals surface area contributed by atoms with Gasteiger partial charge in [-0.15, -0.1) is 12.4 Å². The minimum atomic E-state index is -0.0503. The van der Waals surface area contributed by atoms with Crippen molar-refractivity contribution in [3.63, 3.8) is 0 Å². The summed E-state index contributed by atoms with van der Waals surface area (Å²) in [6, 6.07) is 18.0. The highest BCUT2D eigenvalue weighted by molar-refractivity contribution is 6.30. The number of hydrogen-bond donors (Lipinski definition) is 2. The molecule has 2 aromatic carbocycles. The number of aromatic nitrogens is 1. The topological polar surface area (TPSA) is 54.0 Å². The summed E-state index contributed by atoms with van der Waals surface area (Å²) in [5, 5.41) is 8.50. The van der Waals surface area contributed by atoms with Crippen molar-refractivity contribution in [2.75, 3.05) is 5.32 Å². The number of amides is 1. The number of hydrogen-bond acceptors (Lipinski definition) is 3. The van der Waals surface area contributed by atoms with Gasteiger partial charge in [-0.3, -0.25) is 4.79 Å². The molecular weight excluding hydrogens is 405 g/mol. The Balaban J connectivity index is 0.00000240. The number of nitrogens with one attached hydrogen (secondary N) is 2. The third-order valence-corrected chi connectivity index (χ3v) is 5.66. The summed E-state index contributed by atoms with van der Waals surface area (Å²) in [5.74, 6) is 0.883. The van der Waals surface area contributed by atoms with Crippen LogP contribution in [-0.4, -0.2) is 23.0 Å². The molecular formula is C23H25Cl2N3O. The van der Waals surface area contributed by atoms with E-state index in [2.05, 4.69) is 35.8 Å². The van der Waals surface area contributed by atoms with Gasteiger partial charge < -0.3 is 10.6 Å². The van der Waals surface area contributed by atoms with Gasteiger partial charge in [0.1, 0.15) is 5.82 Å². The average molecular weight is 430 g/mol. The van der Waals surface area contributed by atoms with Gasteiger partial charge in [0, 0.05) is 28.1 Å². The maximum absolute atomic E-state index is 12.4. The predicted octanol–water partition coefficient (Wildman–Crippen LogP) is 5.77. The number of fused-ring (bicyclic) bond motifs is 1. The molecule has 1 heterocycles. The first-order valence-corrected chi connectivity index (χ1v) is 10.2. The third kappa shape index (κ3) is 5.20. The SMILES string of the molecule is Cc1cc(N[C@H]2CC[C@@H](NC(=O)c3cccc(Cl)c3)CC2)nc2ccccc12.Cl. The first-order chi connectivity index (χ1) is 13.6. The molecule has 0 radical (unpaired) electrons. The van der Waals surface area contributed by atoms with E-state index < -0.39 is 0 Å². The van der Waals surface area contributed by atoms with Crippen LogP contribution in [0.3, 0.4) is 0 Å². The van der Waals surface area contributed by atoms with Crippen LogP contribution in [0.25, 0.3) is 10.9 Å². The van der Waals surface area contributed by atoms with Crippen molar-refractivity contribution in [3.8, 4) is 0 Å². The Bertz CT molecular complexity index is 1000. The molecule has 1 aliphatic carbocycles. The summed E-state index contributed by atoms with van der Waals surface area (Å²) in [4.78, 5) is 17.2. The molecule has 0 atom stereocenters. The molecule has 1 fully saturated rings. The van der Waals surface area contributed by atoms with Crippen LogP contribution in [0.15, 0.2) is 54.6 Å². The van der Waals surface area contributed by atoms with Gasteiger partial charge in [0.25, 0.3) is 5.91 Å². The van der Waals surface area contributed by atoms with Gasteiger partial charge in [0.15, 0.2) is 0 Å². The number of nitrogens with zero attached hydrogens (tertiary/aromatic N) is 1. The van der Waals surface area contributed by atoms with E-state index in [9.17, 15) is 4.79 Å². The van der Waals surface area contributed by atoms with E-state index in [-0.39, 0.29) is 24.4 Å². The number of pyridine rings is 1. The van der Waals surface area contributed by atoms with Crippen LogP contribution in [-0.2, 0) is 0 Å². The van der Waals surface area contributed by atoms with Gasteiger partial charge in [0.2, 0.25) is 0 Å². The van der Waals surface area contributed by atoms with Gasteiger partial charge in [-0.2, -0.15) is 0 Å². The fourth-order valence-corrected chi connectivity index (χ4v) is 4.10. The van der Waals surface area contributed by atoms with Crippen molar-refractivity contribution >= 4 is 46.6 Å². The lowest BCUT2D eigenvalue weighted by Gasteiger charge is -2.30. The molecule has 1 saturated carbocycles. The second-order valence-corrected chi connectivity index (χ2v) is 7.95. The molecule has 1 aliphatic rings. The van der Waals surface area contributed by atoms with Crippen molar-refractivity contribution < 1.29 is 4.79 Å². The fraction of sp³-hybridized carbons (Fsp3) is 0.304. The number of carbonyl (C=O) groups excluding carboxylic acids is 1. The highest BCUT2D eigenvalue weighted by Crippen LogP contribution is 2.25. The lowest BCUT2D eigenvalue weighted by molar-refractivity contribution is 0.0926. The quantitative estimate of drug-likeness (QED) is 0.553. The Morgan fingerprint density at radius 3 is 2.48 bits per heavy atom. The van der Waals surface area contributed by atoms with Crippen LogP contribution in [0.2, 0.25) is 5.02 Å². The first-order valence-electron chi connectivity index (χ1n) is 9.78. The fourth-order valence-electron chi connectivity index (χ4n) is 3.91. The van der Waals surface area contributed by atoms with Gasteiger partial charge in [0.05, 0.1) is 5.52 Å². The number of para-hydroxylation sites is 1. The molecule has 0 bridgehead atoms. The number of halogens is 2. The minimum Gasteiger partial charge on any atom is -0.367 e. The smallest absolute Gasteiger partial charge is 0.251 e. The van der Waals surface area contributed by atoms with E-state index in [0.717, 1.165) is 37.0 Å². The molecule has 0 saturated heterocycles. The Kier molecular flexibility index (Phi) is 6.99. The molecule has 4 rings (SSSR count). The Labute approximate surface area is 182 Å². The first kappa shape index (κ1) is 21.4. The molecule has 1 aromatic heterocycles. The lowest BCUT2D eigenvalue weighted by atomic mass is 9.91. The second kappa shape index (κ2) is 9.47. The van der Waals surface area contributed by atoms with Crippen molar-refractivity contribution in [2.24, 2.45) is 0 Å². The second-order valence-electron chi connectivity index (χ2n) is 7.52. The molecule has 4 nitrogen and oxygen atoms in total. The van der Waals surface area contributed by atoms with Crippen LogP contribution >= 0.6 is 24.0 Å². The lowest BCUT2D eigenvalue weighted by Crippen LogP contribution is -2.40. The average Bonchev–Trinajstić information content (AvgIpc) is 2.69. The highest BCUT2D eigenvalue weighted by atomic mass is 35.5. The summed E-state index contributed by atoms with van der Waals surface area (Å²) >= 11 is 5.98. The van der Waals surface area contributed by atoms with Crippen molar-refractivity contribution in [1.29, 1.82) is 0 Å². The highest BCUT2D eigenvalue weighted by Gasteiger charge is 2.23. The van der Waals surface area contributed by atoms with Gasteiger partial charge in [-0.05, 0) is 68.5 Å². The van der Waals surface area contributed by atoms with Gasteiger partial charge >= 0.3 is 0 Å². The number of anilines is 1. The maximum atomic E-state index is 12.4. The standard InChI is InChI=1S/C23H24ClN3O.ClH/c1-15-13-22(27-21-8-3-2-7-20(15)21)25-18-9-11-19(12-10-18)26-23(28)16-5-4-6-17(24)14-16;/h2-8,13-14,18-19H,9-12H2,1H3,(H,25,27)(H,26,28);1H/t18-,19+;. The largest absolute Gasteiger partial charge is 0.367 e. The van der Waals surface area contributed by atoms with E-state index in [1.54, 1.807) is 24.3 Å². The molecule has 29 heavy (non-hydrogen) atoms. The molecule has 1 amide bonds. The minimum absolute atomic E-state index is 0. The van der Waals surface area contributed by atoms with E-state index in [4.69, 9.17) is 16.6 Å². The van der Waals surface area contributed by atoms with Gasteiger partial charge in [-0.1, -0.05) is 35.9 Å². The number of carbonyl (C=O) groups is 1. The van der Waals surface area contributed by atoms with Crippen LogP contribution < -0.4 is 10.6 Å². The van der Waals surface area contributed by atoms with Crippen LogP contribution in [0.1, 0.15) is 41.6 Å². The molecule has 2 N–H and O–H groups in total. The number of benzene rings is 2. The third-order valence-electron chi connectivity index (χ3n) is 5.42. The zero-order chi connectivity index (χ0) is 19.5.